The van der Waals surface area contributed by atoms with Crippen LogP contribution in [0.15, 0.2) is 10.8 Å². The summed E-state index contributed by atoms with van der Waals surface area (Å²) in [6.45, 7) is 1.86. The largest absolute Gasteiger partial charge is 0.368 e. The molecule has 1 aromatic rings. The van der Waals surface area contributed by atoms with E-state index in [2.05, 4.69) is 48.6 Å². The molecule has 0 bridgehead atoms. The van der Waals surface area contributed by atoms with Gasteiger partial charge in [0.2, 0.25) is 0 Å². The van der Waals surface area contributed by atoms with E-state index in [4.69, 9.17) is 5.84 Å². The highest BCUT2D eigenvalue weighted by Gasteiger charge is 2.25. The molecule has 0 spiro atoms. The third-order valence-electron chi connectivity index (χ3n) is 2.85. The van der Waals surface area contributed by atoms with E-state index in [1.807, 2.05) is 0 Å². The van der Waals surface area contributed by atoms with Gasteiger partial charge < -0.3 is 15.6 Å². The van der Waals surface area contributed by atoms with Gasteiger partial charge in [0.15, 0.2) is 5.82 Å². The van der Waals surface area contributed by atoms with E-state index in [0.717, 1.165) is 29.4 Å². The average Bonchev–Trinajstić information content (AvgIpc) is 3.15. The molecule has 1 aliphatic carbocycles. The van der Waals surface area contributed by atoms with Crippen molar-refractivity contribution in [1.29, 1.82) is 0 Å². The summed E-state index contributed by atoms with van der Waals surface area (Å²) in [7, 11) is 2.15. The minimum atomic E-state index is 0.582. The number of hydrogen-bond acceptors (Lipinski definition) is 6. The molecule has 0 amide bonds. The number of likely N-dealkylation sites (N-methyl/N-ethyl adjacent to an activating group) is 1. The Morgan fingerprint density at radius 2 is 2.18 bits per heavy atom. The van der Waals surface area contributed by atoms with E-state index in [1.165, 1.54) is 19.2 Å². The van der Waals surface area contributed by atoms with Crippen LogP contribution in [0.1, 0.15) is 12.8 Å². The smallest absolute Gasteiger partial charge is 0.159 e. The van der Waals surface area contributed by atoms with Crippen molar-refractivity contribution in [2.24, 2.45) is 5.84 Å². The maximum atomic E-state index is 5.34. The Bertz CT molecular complexity index is 381. The number of nitrogen functional groups attached to an aromatic ring is 1. The molecule has 0 unspecified atom stereocenters. The number of hydrogen-bond donors (Lipinski definition) is 3. The summed E-state index contributed by atoms with van der Waals surface area (Å²) in [5.74, 6) is 6.68. The van der Waals surface area contributed by atoms with Crippen molar-refractivity contribution in [1.82, 2.24) is 14.9 Å². The lowest BCUT2D eigenvalue weighted by Gasteiger charge is -2.16. The SMILES string of the molecule is CN(CCNc1ncnc(NN)c1Br)C1CC1. The maximum Gasteiger partial charge on any atom is 0.159 e. The molecule has 6 nitrogen and oxygen atoms in total. The Hall–Kier alpha value is -0.920. The van der Waals surface area contributed by atoms with Crippen LogP contribution in [0.2, 0.25) is 0 Å². The number of nitrogens with one attached hydrogen (secondary N) is 2. The first kappa shape index (κ1) is 12.5. The highest BCUT2D eigenvalue weighted by molar-refractivity contribution is 9.10. The van der Waals surface area contributed by atoms with Gasteiger partial charge >= 0.3 is 0 Å². The van der Waals surface area contributed by atoms with Gasteiger partial charge in [0, 0.05) is 19.1 Å². The zero-order valence-corrected chi connectivity index (χ0v) is 11.4. The fourth-order valence-corrected chi connectivity index (χ4v) is 2.10. The highest BCUT2D eigenvalue weighted by Crippen LogP contribution is 2.26. The summed E-state index contributed by atoms with van der Waals surface area (Å²) >= 11 is 3.41. The average molecular weight is 301 g/mol. The van der Waals surface area contributed by atoms with Gasteiger partial charge in [-0.2, -0.15) is 0 Å². The molecule has 1 aliphatic rings. The second-order valence-corrected chi connectivity index (χ2v) is 4.96. The zero-order chi connectivity index (χ0) is 12.3. The normalized spacial score (nSPS) is 15.1. The number of anilines is 2. The van der Waals surface area contributed by atoms with Crippen molar-refractivity contribution in [2.45, 2.75) is 18.9 Å². The summed E-state index contributed by atoms with van der Waals surface area (Å²) in [5, 5.41) is 3.27. The Morgan fingerprint density at radius 1 is 1.47 bits per heavy atom. The quantitative estimate of drug-likeness (QED) is 0.538. The molecule has 7 heteroatoms. The van der Waals surface area contributed by atoms with Crippen LogP contribution in [0.5, 0.6) is 0 Å². The predicted octanol–water partition coefficient (Wildman–Crippen LogP) is 1.03. The third-order valence-corrected chi connectivity index (χ3v) is 3.60. The zero-order valence-electron chi connectivity index (χ0n) is 9.78. The van der Waals surface area contributed by atoms with E-state index in [-0.39, 0.29) is 0 Å². The number of rotatable bonds is 6. The molecule has 0 aliphatic heterocycles. The Balaban J connectivity index is 1.85. The molecular weight excluding hydrogens is 284 g/mol. The van der Waals surface area contributed by atoms with Crippen LogP contribution >= 0.6 is 15.9 Å². The van der Waals surface area contributed by atoms with Gasteiger partial charge in [0.25, 0.3) is 0 Å². The van der Waals surface area contributed by atoms with Crippen molar-refractivity contribution in [3.05, 3.63) is 10.8 Å². The van der Waals surface area contributed by atoms with Gasteiger partial charge in [0.1, 0.15) is 16.6 Å². The van der Waals surface area contributed by atoms with E-state index >= 15 is 0 Å². The molecule has 4 N–H and O–H groups in total. The fraction of sp³-hybridized carbons (Fsp3) is 0.600. The molecule has 94 valence electrons. The molecule has 1 aromatic heterocycles. The van der Waals surface area contributed by atoms with Crippen molar-refractivity contribution in [3.63, 3.8) is 0 Å². The van der Waals surface area contributed by atoms with Crippen LogP contribution in [0.25, 0.3) is 0 Å². The molecule has 17 heavy (non-hydrogen) atoms. The van der Waals surface area contributed by atoms with Crippen molar-refractivity contribution in [2.75, 3.05) is 30.9 Å². The lowest BCUT2D eigenvalue weighted by Crippen LogP contribution is -2.27. The van der Waals surface area contributed by atoms with Gasteiger partial charge in [-0.25, -0.2) is 15.8 Å². The van der Waals surface area contributed by atoms with Gasteiger partial charge in [-0.15, -0.1) is 0 Å². The molecule has 0 saturated heterocycles. The first-order chi connectivity index (χ1) is 8.22. The number of aromatic nitrogens is 2. The molecule has 0 aromatic carbocycles. The number of halogens is 1. The summed E-state index contributed by atoms with van der Waals surface area (Å²) < 4.78 is 0.761. The van der Waals surface area contributed by atoms with Gasteiger partial charge in [-0.05, 0) is 35.8 Å². The van der Waals surface area contributed by atoms with Crippen LogP contribution in [-0.4, -0.2) is 41.0 Å². The van der Waals surface area contributed by atoms with Crippen LogP contribution in [-0.2, 0) is 0 Å². The van der Waals surface area contributed by atoms with E-state index in [0.29, 0.717) is 5.82 Å². The molecule has 0 atom stereocenters. The minimum Gasteiger partial charge on any atom is -0.368 e. The first-order valence-corrected chi connectivity index (χ1v) is 6.43. The summed E-state index contributed by atoms with van der Waals surface area (Å²) in [5.41, 5.74) is 2.51. The Kier molecular flexibility index (Phi) is 4.14. The number of nitrogens with zero attached hydrogens (tertiary/aromatic N) is 3. The summed E-state index contributed by atoms with van der Waals surface area (Å²) in [6.07, 6.45) is 4.14. The number of hydrazine groups is 1. The number of nitrogens with two attached hydrogens (primary N) is 1. The second-order valence-electron chi connectivity index (χ2n) is 4.17. The van der Waals surface area contributed by atoms with Crippen LogP contribution < -0.4 is 16.6 Å². The predicted molar refractivity (Wildman–Crippen MR) is 71.7 cm³/mol. The molecular formula is C10H17BrN6. The van der Waals surface area contributed by atoms with Crippen LogP contribution in [0.4, 0.5) is 11.6 Å². The fourth-order valence-electron chi connectivity index (χ4n) is 1.64. The standard InChI is InChI=1S/C10H17BrN6/c1-17(7-2-3-7)5-4-13-9-8(11)10(16-12)15-6-14-9/h6-7H,2-5,12H2,1H3,(H2,13,14,15,16). The van der Waals surface area contributed by atoms with Crippen molar-refractivity contribution < 1.29 is 0 Å². The summed E-state index contributed by atoms with van der Waals surface area (Å²) in [4.78, 5) is 10.5. The van der Waals surface area contributed by atoms with E-state index in [9.17, 15) is 0 Å². The minimum absolute atomic E-state index is 0.582. The Morgan fingerprint density at radius 3 is 2.82 bits per heavy atom. The molecule has 1 saturated carbocycles. The lowest BCUT2D eigenvalue weighted by atomic mass is 10.4. The first-order valence-electron chi connectivity index (χ1n) is 5.63. The summed E-state index contributed by atoms with van der Waals surface area (Å²) in [6, 6.07) is 0.784. The molecule has 1 fully saturated rings. The lowest BCUT2D eigenvalue weighted by molar-refractivity contribution is 0.337. The monoisotopic (exact) mass is 300 g/mol. The maximum absolute atomic E-state index is 5.34. The van der Waals surface area contributed by atoms with Gasteiger partial charge in [-0.3, -0.25) is 0 Å². The van der Waals surface area contributed by atoms with Crippen molar-refractivity contribution in [3.8, 4) is 0 Å². The third kappa shape index (κ3) is 3.27. The molecule has 1 heterocycles. The topological polar surface area (TPSA) is 79.1 Å². The van der Waals surface area contributed by atoms with Gasteiger partial charge in [0.05, 0.1) is 0 Å². The molecule has 2 rings (SSSR count). The van der Waals surface area contributed by atoms with E-state index < -0.39 is 0 Å². The van der Waals surface area contributed by atoms with Crippen LogP contribution in [0.3, 0.4) is 0 Å². The molecule has 0 radical (unpaired) electrons. The van der Waals surface area contributed by atoms with Crippen molar-refractivity contribution >= 4 is 27.6 Å². The highest BCUT2D eigenvalue weighted by atomic mass is 79.9. The van der Waals surface area contributed by atoms with E-state index in [1.54, 1.807) is 0 Å². The second kappa shape index (κ2) is 5.61. The Labute approximate surface area is 109 Å². The van der Waals surface area contributed by atoms with Gasteiger partial charge in [-0.1, -0.05) is 0 Å². The van der Waals surface area contributed by atoms with Crippen LogP contribution in [0, 0.1) is 0 Å².